The minimum absolute atomic E-state index is 0.138. The molecule has 3 aromatic rings. The summed E-state index contributed by atoms with van der Waals surface area (Å²) in [6.45, 7) is 0.486. The Bertz CT molecular complexity index is 836. The van der Waals surface area contributed by atoms with Crippen LogP contribution in [0.2, 0.25) is 5.02 Å². The van der Waals surface area contributed by atoms with Gasteiger partial charge in [0, 0.05) is 25.0 Å². The molecule has 0 atom stereocenters. The average Bonchev–Trinajstić information content (AvgIpc) is 3.08. The molecule has 0 radical (unpaired) electrons. The van der Waals surface area contributed by atoms with Crippen LogP contribution < -0.4 is 5.32 Å². The molecule has 0 aliphatic carbocycles. The first-order chi connectivity index (χ1) is 11.1. The topological polar surface area (TPSA) is 85.9 Å². The molecule has 2 aromatic heterocycles. The molecule has 2 heterocycles. The van der Waals surface area contributed by atoms with Crippen molar-refractivity contribution >= 4 is 23.1 Å². The number of anilines is 1. The van der Waals surface area contributed by atoms with Crippen LogP contribution in [0.4, 0.5) is 11.5 Å². The summed E-state index contributed by atoms with van der Waals surface area (Å²) in [6, 6.07) is 11.0. The summed E-state index contributed by atoms with van der Waals surface area (Å²) in [7, 11) is 0. The smallest absolute Gasteiger partial charge is 0.289 e. The van der Waals surface area contributed by atoms with Crippen molar-refractivity contribution in [2.24, 2.45) is 0 Å². The molecule has 0 unspecified atom stereocenters. The molecule has 116 valence electrons. The van der Waals surface area contributed by atoms with Crippen molar-refractivity contribution in [3.8, 4) is 5.69 Å². The van der Waals surface area contributed by atoms with E-state index in [1.807, 2.05) is 36.5 Å². The van der Waals surface area contributed by atoms with E-state index in [1.165, 1.54) is 12.3 Å². The molecule has 0 aliphatic heterocycles. The van der Waals surface area contributed by atoms with Crippen LogP contribution in [0.1, 0.15) is 5.56 Å². The Morgan fingerprint density at radius 1 is 1.30 bits per heavy atom. The summed E-state index contributed by atoms with van der Waals surface area (Å²) in [5.74, 6) is 0.404. The summed E-state index contributed by atoms with van der Waals surface area (Å²) in [5.41, 5.74) is 1.81. The zero-order valence-electron chi connectivity index (χ0n) is 11.9. The lowest BCUT2D eigenvalue weighted by Gasteiger charge is -2.09. The first kappa shape index (κ1) is 15.0. The molecular formula is C15H12ClN5O2. The van der Waals surface area contributed by atoms with E-state index < -0.39 is 4.92 Å². The predicted molar refractivity (Wildman–Crippen MR) is 86.8 cm³/mol. The molecule has 0 aliphatic rings. The molecule has 23 heavy (non-hydrogen) atoms. The van der Waals surface area contributed by atoms with E-state index in [0.717, 1.165) is 11.3 Å². The average molecular weight is 330 g/mol. The lowest BCUT2D eigenvalue weighted by atomic mass is 10.2. The van der Waals surface area contributed by atoms with Gasteiger partial charge in [-0.1, -0.05) is 23.7 Å². The highest BCUT2D eigenvalue weighted by atomic mass is 35.5. The molecule has 0 saturated carbocycles. The largest absolute Gasteiger partial charge is 0.365 e. The minimum atomic E-state index is -0.532. The number of pyridine rings is 1. The van der Waals surface area contributed by atoms with Crippen LogP contribution in [0, 0.1) is 10.1 Å². The summed E-state index contributed by atoms with van der Waals surface area (Å²) in [6.07, 6.45) is 4.75. The number of nitrogens with zero attached hydrogens (tertiary/aromatic N) is 4. The molecule has 8 heteroatoms. The van der Waals surface area contributed by atoms with Crippen LogP contribution in [0.25, 0.3) is 5.69 Å². The Balaban J connectivity index is 1.74. The fraction of sp³-hybridized carbons (Fsp3) is 0.0667. The van der Waals surface area contributed by atoms with Gasteiger partial charge < -0.3 is 5.32 Å². The Morgan fingerprint density at radius 3 is 2.87 bits per heavy atom. The van der Waals surface area contributed by atoms with E-state index >= 15 is 0 Å². The maximum Gasteiger partial charge on any atom is 0.289 e. The summed E-state index contributed by atoms with van der Waals surface area (Å²) >= 11 is 6.01. The van der Waals surface area contributed by atoms with E-state index in [4.69, 9.17) is 11.6 Å². The Labute approximate surface area is 136 Å². The van der Waals surface area contributed by atoms with Crippen molar-refractivity contribution in [2.75, 3.05) is 5.32 Å². The number of halogens is 1. The Kier molecular flexibility index (Phi) is 4.20. The second-order valence-corrected chi connectivity index (χ2v) is 5.16. The van der Waals surface area contributed by atoms with E-state index in [1.54, 1.807) is 10.9 Å². The summed E-state index contributed by atoms with van der Waals surface area (Å²) < 4.78 is 1.76. The number of nitrogens with one attached hydrogen (secondary N) is 1. The zero-order chi connectivity index (χ0) is 16.2. The van der Waals surface area contributed by atoms with Crippen LogP contribution in [0.3, 0.4) is 0 Å². The third-order valence-corrected chi connectivity index (χ3v) is 3.47. The number of aromatic nitrogens is 3. The van der Waals surface area contributed by atoms with Crippen LogP contribution in [-0.4, -0.2) is 19.7 Å². The standard InChI is InChI=1S/C15H12ClN5O2/c16-14-8-13(21(22)23)10-18-15(14)17-9-11-3-1-4-12(7-11)20-6-2-5-19-20/h1-8,10H,9H2,(H,17,18). The first-order valence-electron chi connectivity index (χ1n) is 6.76. The SMILES string of the molecule is O=[N+]([O-])c1cnc(NCc2cccc(-n3cccn3)c2)c(Cl)c1. The lowest BCUT2D eigenvalue weighted by molar-refractivity contribution is -0.385. The van der Waals surface area contributed by atoms with Gasteiger partial charge in [0.1, 0.15) is 12.0 Å². The number of benzene rings is 1. The van der Waals surface area contributed by atoms with Gasteiger partial charge in [-0.2, -0.15) is 5.10 Å². The van der Waals surface area contributed by atoms with Gasteiger partial charge in [-0.05, 0) is 23.8 Å². The van der Waals surface area contributed by atoms with E-state index in [-0.39, 0.29) is 10.7 Å². The molecule has 0 amide bonds. The quantitative estimate of drug-likeness (QED) is 0.572. The Morgan fingerprint density at radius 2 is 2.17 bits per heavy atom. The summed E-state index contributed by atoms with van der Waals surface area (Å²) in [5, 5.41) is 18.1. The molecule has 0 fully saturated rings. The van der Waals surface area contributed by atoms with Crippen molar-refractivity contribution < 1.29 is 4.92 Å². The van der Waals surface area contributed by atoms with E-state index in [2.05, 4.69) is 15.4 Å². The van der Waals surface area contributed by atoms with Crippen LogP contribution >= 0.6 is 11.6 Å². The number of hydrogen-bond acceptors (Lipinski definition) is 5. The van der Waals surface area contributed by atoms with Crippen LogP contribution in [0.15, 0.2) is 55.0 Å². The first-order valence-corrected chi connectivity index (χ1v) is 7.14. The van der Waals surface area contributed by atoms with Crippen LogP contribution in [0.5, 0.6) is 0 Å². The molecule has 0 spiro atoms. The van der Waals surface area contributed by atoms with Crippen molar-refractivity contribution in [3.63, 3.8) is 0 Å². The molecule has 0 saturated heterocycles. The molecular weight excluding hydrogens is 318 g/mol. The number of nitro groups is 1. The predicted octanol–water partition coefficient (Wildman–Crippen LogP) is 3.44. The van der Waals surface area contributed by atoms with Gasteiger partial charge in [0.25, 0.3) is 5.69 Å². The van der Waals surface area contributed by atoms with Crippen molar-refractivity contribution in [1.29, 1.82) is 0 Å². The second-order valence-electron chi connectivity index (χ2n) is 4.76. The fourth-order valence-electron chi connectivity index (χ4n) is 2.07. The third-order valence-electron chi connectivity index (χ3n) is 3.18. The molecule has 1 aromatic carbocycles. The zero-order valence-corrected chi connectivity index (χ0v) is 12.6. The van der Waals surface area contributed by atoms with Gasteiger partial charge in [0.05, 0.1) is 15.6 Å². The minimum Gasteiger partial charge on any atom is -0.365 e. The van der Waals surface area contributed by atoms with Gasteiger partial charge in [-0.15, -0.1) is 0 Å². The molecule has 0 bridgehead atoms. The second kappa shape index (κ2) is 6.45. The van der Waals surface area contributed by atoms with Gasteiger partial charge in [0.2, 0.25) is 0 Å². The molecule has 7 nitrogen and oxygen atoms in total. The maximum absolute atomic E-state index is 10.7. The number of hydrogen-bond donors (Lipinski definition) is 1. The third kappa shape index (κ3) is 3.46. The fourth-order valence-corrected chi connectivity index (χ4v) is 2.30. The van der Waals surface area contributed by atoms with Gasteiger partial charge in [0.15, 0.2) is 0 Å². The monoisotopic (exact) mass is 329 g/mol. The highest BCUT2D eigenvalue weighted by Gasteiger charge is 2.10. The summed E-state index contributed by atoms with van der Waals surface area (Å²) in [4.78, 5) is 14.1. The normalized spacial score (nSPS) is 10.5. The maximum atomic E-state index is 10.7. The highest BCUT2D eigenvalue weighted by Crippen LogP contribution is 2.24. The van der Waals surface area contributed by atoms with Gasteiger partial charge >= 0.3 is 0 Å². The van der Waals surface area contributed by atoms with E-state index in [9.17, 15) is 10.1 Å². The van der Waals surface area contributed by atoms with Gasteiger partial charge in [-0.3, -0.25) is 10.1 Å². The Hall–Kier alpha value is -2.93. The van der Waals surface area contributed by atoms with E-state index in [0.29, 0.717) is 12.4 Å². The lowest BCUT2D eigenvalue weighted by Crippen LogP contribution is -2.04. The van der Waals surface area contributed by atoms with Gasteiger partial charge in [-0.25, -0.2) is 9.67 Å². The van der Waals surface area contributed by atoms with Crippen molar-refractivity contribution in [1.82, 2.24) is 14.8 Å². The van der Waals surface area contributed by atoms with Crippen LogP contribution in [-0.2, 0) is 6.54 Å². The highest BCUT2D eigenvalue weighted by molar-refractivity contribution is 6.33. The molecule has 3 rings (SSSR count). The number of rotatable bonds is 5. The molecule has 1 N–H and O–H groups in total. The van der Waals surface area contributed by atoms with Crippen molar-refractivity contribution in [2.45, 2.75) is 6.54 Å². The van der Waals surface area contributed by atoms with Crippen molar-refractivity contribution in [3.05, 3.63) is 75.7 Å².